The van der Waals surface area contributed by atoms with Crippen LogP contribution in [0.3, 0.4) is 0 Å². The molecular weight excluding hydrogens is 508 g/mol. The number of rotatable bonds is 10. The highest BCUT2D eigenvalue weighted by Gasteiger charge is 2.33. The SMILES string of the molecule is CCOc1ccc(N2C(=O)/C(=C/c3ccc(OCC(=O)Nc4ccccc4)c(OCC)c3)SC2=S)cc1. The average molecular weight is 535 g/mol. The van der Waals surface area contributed by atoms with Crippen molar-refractivity contribution in [1.82, 2.24) is 0 Å². The van der Waals surface area contributed by atoms with Gasteiger partial charge in [0.25, 0.3) is 11.8 Å². The topological polar surface area (TPSA) is 77.1 Å². The number of nitrogens with one attached hydrogen (secondary N) is 1. The summed E-state index contributed by atoms with van der Waals surface area (Å²) < 4.78 is 17.4. The van der Waals surface area contributed by atoms with Crippen LogP contribution in [0.25, 0.3) is 6.08 Å². The Morgan fingerprint density at radius 2 is 1.68 bits per heavy atom. The highest BCUT2D eigenvalue weighted by atomic mass is 32.2. The van der Waals surface area contributed by atoms with E-state index in [0.29, 0.717) is 45.3 Å². The summed E-state index contributed by atoms with van der Waals surface area (Å²) in [5.41, 5.74) is 2.12. The number of anilines is 2. The lowest BCUT2D eigenvalue weighted by Crippen LogP contribution is -2.27. The molecule has 190 valence electrons. The molecule has 0 aromatic heterocycles. The highest BCUT2D eigenvalue weighted by Crippen LogP contribution is 2.37. The maximum atomic E-state index is 13.2. The molecule has 0 aliphatic carbocycles. The van der Waals surface area contributed by atoms with Crippen molar-refractivity contribution >= 4 is 57.6 Å². The summed E-state index contributed by atoms with van der Waals surface area (Å²) in [7, 11) is 0. The third kappa shape index (κ3) is 6.69. The number of hydrogen-bond donors (Lipinski definition) is 1. The summed E-state index contributed by atoms with van der Waals surface area (Å²) in [4.78, 5) is 27.4. The van der Waals surface area contributed by atoms with Gasteiger partial charge in [-0.15, -0.1) is 0 Å². The molecule has 2 amide bonds. The molecule has 1 heterocycles. The van der Waals surface area contributed by atoms with E-state index in [0.717, 1.165) is 11.3 Å². The standard InChI is InChI=1S/C28H26N2O5S2/c1-3-33-22-13-11-21(12-14-22)30-27(32)25(37-28(30)36)17-19-10-15-23(24(16-19)34-4-2)35-18-26(31)29-20-8-6-5-7-9-20/h5-17H,3-4,18H2,1-2H3,(H,29,31)/b25-17-. The predicted molar refractivity (Wildman–Crippen MR) is 151 cm³/mol. The minimum Gasteiger partial charge on any atom is -0.494 e. The number of benzene rings is 3. The molecule has 37 heavy (non-hydrogen) atoms. The molecule has 0 radical (unpaired) electrons. The number of thiocarbonyl (C=S) groups is 1. The van der Waals surface area contributed by atoms with Gasteiger partial charge in [0.05, 0.1) is 23.8 Å². The molecule has 1 fully saturated rings. The van der Waals surface area contributed by atoms with Gasteiger partial charge >= 0.3 is 0 Å². The Kier molecular flexibility index (Phi) is 8.81. The lowest BCUT2D eigenvalue weighted by molar-refractivity contribution is -0.118. The van der Waals surface area contributed by atoms with Crippen LogP contribution in [-0.4, -0.2) is 36.0 Å². The third-order valence-corrected chi connectivity index (χ3v) is 6.48. The Morgan fingerprint density at radius 1 is 0.946 bits per heavy atom. The molecule has 7 nitrogen and oxygen atoms in total. The van der Waals surface area contributed by atoms with Crippen molar-refractivity contribution in [3.8, 4) is 17.2 Å². The third-order valence-electron chi connectivity index (χ3n) is 5.18. The summed E-state index contributed by atoms with van der Waals surface area (Å²) in [5.74, 6) is 1.16. The maximum absolute atomic E-state index is 13.2. The van der Waals surface area contributed by atoms with Crippen LogP contribution in [0.1, 0.15) is 19.4 Å². The van der Waals surface area contributed by atoms with E-state index >= 15 is 0 Å². The van der Waals surface area contributed by atoms with E-state index in [2.05, 4.69) is 5.32 Å². The molecule has 4 rings (SSSR count). The fraction of sp³-hybridized carbons (Fsp3) is 0.179. The van der Waals surface area contributed by atoms with Crippen LogP contribution in [0.15, 0.2) is 77.7 Å². The van der Waals surface area contributed by atoms with Gasteiger partial charge in [-0.3, -0.25) is 14.5 Å². The Balaban J connectivity index is 1.46. The molecule has 1 aliphatic heterocycles. The average Bonchev–Trinajstić information content (AvgIpc) is 3.17. The quantitative estimate of drug-likeness (QED) is 0.256. The van der Waals surface area contributed by atoms with Crippen LogP contribution in [-0.2, 0) is 9.59 Å². The van der Waals surface area contributed by atoms with Crippen molar-refractivity contribution in [1.29, 1.82) is 0 Å². The molecule has 3 aromatic rings. The van der Waals surface area contributed by atoms with E-state index in [1.54, 1.807) is 36.4 Å². The molecule has 0 spiro atoms. The molecule has 0 bridgehead atoms. The van der Waals surface area contributed by atoms with Crippen LogP contribution in [0.4, 0.5) is 11.4 Å². The Morgan fingerprint density at radius 3 is 2.38 bits per heavy atom. The Hall–Kier alpha value is -3.82. The van der Waals surface area contributed by atoms with Crippen molar-refractivity contribution < 1.29 is 23.8 Å². The highest BCUT2D eigenvalue weighted by molar-refractivity contribution is 8.27. The second-order valence-electron chi connectivity index (χ2n) is 7.79. The fourth-order valence-corrected chi connectivity index (χ4v) is 4.86. The summed E-state index contributed by atoms with van der Waals surface area (Å²) >= 11 is 6.72. The molecule has 1 N–H and O–H groups in total. The van der Waals surface area contributed by atoms with Gasteiger partial charge in [0, 0.05) is 5.69 Å². The van der Waals surface area contributed by atoms with Crippen LogP contribution in [0.5, 0.6) is 17.2 Å². The van der Waals surface area contributed by atoms with E-state index < -0.39 is 0 Å². The van der Waals surface area contributed by atoms with Crippen molar-refractivity contribution in [3.05, 3.63) is 83.3 Å². The van der Waals surface area contributed by atoms with E-state index in [1.165, 1.54) is 16.7 Å². The van der Waals surface area contributed by atoms with E-state index in [-0.39, 0.29) is 18.4 Å². The number of ether oxygens (including phenoxy) is 3. The van der Waals surface area contributed by atoms with Gasteiger partial charge in [0.15, 0.2) is 22.4 Å². The lowest BCUT2D eigenvalue weighted by Gasteiger charge is -2.15. The zero-order chi connectivity index (χ0) is 26.2. The van der Waals surface area contributed by atoms with E-state index in [1.807, 2.05) is 56.3 Å². The summed E-state index contributed by atoms with van der Waals surface area (Å²) in [6.45, 7) is 4.59. The first-order chi connectivity index (χ1) is 18.0. The number of amides is 2. The van der Waals surface area contributed by atoms with Gasteiger partial charge in [0.1, 0.15) is 5.75 Å². The van der Waals surface area contributed by atoms with Gasteiger partial charge < -0.3 is 19.5 Å². The second kappa shape index (κ2) is 12.4. The van der Waals surface area contributed by atoms with Crippen molar-refractivity contribution in [2.75, 3.05) is 30.0 Å². The van der Waals surface area contributed by atoms with Crippen LogP contribution < -0.4 is 24.4 Å². The van der Waals surface area contributed by atoms with Gasteiger partial charge in [-0.1, -0.05) is 48.2 Å². The van der Waals surface area contributed by atoms with Gasteiger partial charge in [-0.2, -0.15) is 0 Å². The largest absolute Gasteiger partial charge is 0.494 e. The fourth-order valence-electron chi connectivity index (χ4n) is 3.56. The van der Waals surface area contributed by atoms with E-state index in [9.17, 15) is 9.59 Å². The molecule has 0 unspecified atom stereocenters. The van der Waals surface area contributed by atoms with E-state index in [4.69, 9.17) is 26.4 Å². The molecule has 1 aliphatic rings. The summed E-state index contributed by atoms with van der Waals surface area (Å²) in [5, 5.41) is 2.78. The van der Waals surface area contributed by atoms with Gasteiger partial charge in [-0.25, -0.2) is 0 Å². The normalized spacial score (nSPS) is 14.1. The first-order valence-electron chi connectivity index (χ1n) is 11.7. The predicted octanol–water partition coefficient (Wildman–Crippen LogP) is 5.91. The maximum Gasteiger partial charge on any atom is 0.270 e. The minimum atomic E-state index is -0.282. The molecule has 1 saturated heterocycles. The van der Waals surface area contributed by atoms with Crippen LogP contribution in [0.2, 0.25) is 0 Å². The number of para-hydroxylation sites is 1. The zero-order valence-electron chi connectivity index (χ0n) is 20.4. The molecular formula is C28H26N2O5S2. The first-order valence-corrected chi connectivity index (χ1v) is 13.0. The smallest absolute Gasteiger partial charge is 0.270 e. The molecule has 0 atom stereocenters. The number of hydrogen-bond acceptors (Lipinski definition) is 7. The monoisotopic (exact) mass is 534 g/mol. The molecule has 9 heteroatoms. The van der Waals surface area contributed by atoms with Gasteiger partial charge in [0.2, 0.25) is 0 Å². The van der Waals surface area contributed by atoms with Crippen molar-refractivity contribution in [2.24, 2.45) is 0 Å². The number of nitrogens with zero attached hydrogens (tertiary/aromatic N) is 1. The summed E-state index contributed by atoms with van der Waals surface area (Å²) in [6.07, 6.45) is 1.77. The first kappa shape index (κ1) is 26.2. The van der Waals surface area contributed by atoms with Crippen molar-refractivity contribution in [3.63, 3.8) is 0 Å². The van der Waals surface area contributed by atoms with Crippen molar-refractivity contribution in [2.45, 2.75) is 13.8 Å². The van der Waals surface area contributed by atoms with Gasteiger partial charge in [-0.05, 0) is 74.0 Å². The van der Waals surface area contributed by atoms with Crippen LogP contribution >= 0.6 is 24.0 Å². The van der Waals surface area contributed by atoms with Crippen LogP contribution in [0, 0.1) is 0 Å². The molecule has 3 aromatic carbocycles. The summed E-state index contributed by atoms with van der Waals surface area (Å²) in [6, 6.07) is 21.7. The minimum absolute atomic E-state index is 0.172. The zero-order valence-corrected chi connectivity index (χ0v) is 22.1. The Bertz CT molecular complexity index is 1310. The number of carbonyl (C=O) groups excluding carboxylic acids is 2. The second-order valence-corrected chi connectivity index (χ2v) is 9.46. The lowest BCUT2D eigenvalue weighted by atomic mass is 10.1. The molecule has 0 saturated carbocycles. The Labute approximate surface area is 225 Å². The number of thioether (sulfide) groups is 1. The number of carbonyl (C=O) groups is 2.